The molecule has 0 radical (unpaired) electrons. The molecule has 0 unspecified atom stereocenters. The quantitative estimate of drug-likeness (QED) is 0.358. The van der Waals surface area contributed by atoms with Gasteiger partial charge in [-0.1, -0.05) is 26.0 Å². The van der Waals surface area contributed by atoms with E-state index in [0.717, 1.165) is 11.0 Å². The van der Waals surface area contributed by atoms with Crippen molar-refractivity contribution in [2.24, 2.45) is 11.8 Å². The molecule has 34 heavy (non-hydrogen) atoms. The summed E-state index contributed by atoms with van der Waals surface area (Å²) in [5.41, 5.74) is -2.95. The minimum Gasteiger partial charge on any atom is -0.432 e. The highest BCUT2D eigenvalue weighted by molar-refractivity contribution is 6.72. The molecule has 4 atom stereocenters. The van der Waals surface area contributed by atoms with Crippen molar-refractivity contribution in [2.75, 3.05) is 4.90 Å². The maximum atomic E-state index is 13.5. The Labute approximate surface area is 197 Å². The van der Waals surface area contributed by atoms with E-state index in [1.165, 1.54) is 12.1 Å². The number of imide groups is 1. The summed E-state index contributed by atoms with van der Waals surface area (Å²) >= 11 is 0. The molecule has 0 saturated carbocycles. The molecule has 6 nitrogen and oxygen atoms in total. The molecule has 2 bridgehead atoms. The third kappa shape index (κ3) is 3.70. The Kier molecular flexibility index (Phi) is 5.63. The van der Waals surface area contributed by atoms with Gasteiger partial charge >= 0.3 is 6.18 Å². The fourth-order valence-corrected chi connectivity index (χ4v) is 5.95. The molecule has 4 rings (SSSR count). The first-order valence-corrected chi connectivity index (χ1v) is 14.2. The van der Waals surface area contributed by atoms with Gasteiger partial charge in [0.15, 0.2) is 8.32 Å². The van der Waals surface area contributed by atoms with E-state index >= 15 is 0 Å². The number of carbonyl (C=O) groups excluding carboxylic acids is 2. The smallest absolute Gasteiger partial charge is 0.417 e. The number of benzene rings is 1. The second-order valence-electron chi connectivity index (χ2n) is 10.5. The monoisotopic (exact) mass is 492 g/mol. The molecular formula is C24H27F3N2O4Si. The SMILES string of the molecule is CC(C)(CCC[C@@]12C=C[C@@H](O1)[C@H]1C(=O)N(c3ccc(C#N)c(C(F)(F)F)c3)C(=O)[C@H]12)[Si](C)(C)O. The molecule has 2 fully saturated rings. The van der Waals surface area contributed by atoms with Crippen LogP contribution in [0.25, 0.3) is 0 Å². The van der Waals surface area contributed by atoms with Crippen LogP contribution in [0.4, 0.5) is 18.9 Å². The van der Waals surface area contributed by atoms with Gasteiger partial charge in [-0.3, -0.25) is 9.59 Å². The first-order chi connectivity index (χ1) is 15.6. The summed E-state index contributed by atoms with van der Waals surface area (Å²) in [7, 11) is -2.42. The second kappa shape index (κ2) is 7.76. The maximum absolute atomic E-state index is 13.5. The average Bonchev–Trinajstić information content (AvgIpc) is 3.36. The number of anilines is 1. The molecule has 2 amide bonds. The summed E-state index contributed by atoms with van der Waals surface area (Å²) in [6.07, 6.45) is -0.0225. The fourth-order valence-electron chi connectivity index (χ4n) is 5.16. The predicted molar refractivity (Wildman–Crippen MR) is 120 cm³/mol. The van der Waals surface area contributed by atoms with Gasteiger partial charge in [-0.15, -0.1) is 0 Å². The van der Waals surface area contributed by atoms with Gasteiger partial charge in [-0.05, 0) is 55.6 Å². The molecule has 0 aliphatic carbocycles. The van der Waals surface area contributed by atoms with Gasteiger partial charge in [-0.2, -0.15) is 18.4 Å². The van der Waals surface area contributed by atoms with Crippen LogP contribution in [0.1, 0.15) is 44.2 Å². The van der Waals surface area contributed by atoms with Gasteiger partial charge in [0.25, 0.3) is 0 Å². The molecule has 3 heterocycles. The summed E-state index contributed by atoms with van der Waals surface area (Å²) in [4.78, 5) is 38.0. The predicted octanol–water partition coefficient (Wildman–Crippen LogP) is 4.54. The van der Waals surface area contributed by atoms with E-state index in [4.69, 9.17) is 10.00 Å². The van der Waals surface area contributed by atoms with Crippen molar-refractivity contribution < 1.29 is 32.3 Å². The van der Waals surface area contributed by atoms with E-state index in [0.29, 0.717) is 25.3 Å². The van der Waals surface area contributed by atoms with Gasteiger partial charge in [0.05, 0.1) is 46.4 Å². The number of fused-ring (bicyclic) bond motifs is 5. The Bertz CT molecular complexity index is 1120. The van der Waals surface area contributed by atoms with Crippen LogP contribution in [0.15, 0.2) is 30.4 Å². The standard InChI is InChI=1S/C24H27F3N2O4Si/c1-22(2,34(3,4)32)9-5-10-23-11-8-17(33-23)18-19(23)21(31)29(20(18)30)15-7-6-14(13-28)16(12-15)24(25,26)27/h6-8,11-12,17-19,32H,5,9-10H2,1-4H3/t17-,18-,19+,23+/m1/s1. The number of nitrogens with zero attached hydrogens (tertiary/aromatic N) is 2. The van der Waals surface area contributed by atoms with Crippen LogP contribution in [-0.4, -0.2) is 36.6 Å². The number of hydrogen-bond donors (Lipinski definition) is 1. The molecule has 0 aromatic heterocycles. The third-order valence-corrected chi connectivity index (χ3v) is 11.4. The summed E-state index contributed by atoms with van der Waals surface area (Å²) < 4.78 is 46.5. The minimum atomic E-state index is -4.80. The largest absolute Gasteiger partial charge is 0.432 e. The van der Waals surface area contributed by atoms with Crippen LogP contribution in [0.3, 0.4) is 0 Å². The fraction of sp³-hybridized carbons (Fsp3) is 0.542. The summed E-state index contributed by atoms with van der Waals surface area (Å²) in [5.74, 6) is -2.79. The molecule has 1 aromatic carbocycles. The zero-order chi connectivity index (χ0) is 25.3. The van der Waals surface area contributed by atoms with Crippen molar-refractivity contribution >= 4 is 25.8 Å². The normalized spacial score (nSPS) is 28.6. The lowest BCUT2D eigenvalue weighted by Crippen LogP contribution is -2.42. The van der Waals surface area contributed by atoms with Crippen molar-refractivity contribution in [3.63, 3.8) is 0 Å². The summed E-state index contributed by atoms with van der Waals surface area (Å²) in [6, 6.07) is 4.37. The van der Waals surface area contributed by atoms with Crippen LogP contribution in [-0.2, 0) is 20.5 Å². The number of halogens is 3. The van der Waals surface area contributed by atoms with Crippen molar-refractivity contribution in [1.82, 2.24) is 0 Å². The van der Waals surface area contributed by atoms with E-state index in [-0.39, 0.29) is 10.7 Å². The molecule has 10 heteroatoms. The first-order valence-electron chi connectivity index (χ1n) is 11.2. The number of amides is 2. The number of alkyl halides is 3. The zero-order valence-electron chi connectivity index (χ0n) is 19.4. The van der Waals surface area contributed by atoms with Crippen molar-refractivity contribution in [2.45, 2.75) is 69.1 Å². The number of ether oxygens (including phenoxy) is 1. The molecule has 3 aliphatic rings. The van der Waals surface area contributed by atoms with Crippen molar-refractivity contribution in [1.29, 1.82) is 5.26 Å². The van der Waals surface area contributed by atoms with Gasteiger partial charge in [0.2, 0.25) is 11.8 Å². The van der Waals surface area contributed by atoms with E-state index in [9.17, 15) is 27.6 Å². The lowest BCUT2D eigenvalue weighted by Gasteiger charge is -2.36. The minimum absolute atomic E-state index is 0.195. The number of hydrogen-bond acceptors (Lipinski definition) is 5. The van der Waals surface area contributed by atoms with Crippen LogP contribution in [0.5, 0.6) is 0 Å². The Morgan fingerprint density at radius 2 is 1.91 bits per heavy atom. The average molecular weight is 493 g/mol. The molecule has 2 saturated heterocycles. The Morgan fingerprint density at radius 1 is 1.24 bits per heavy atom. The highest BCUT2D eigenvalue weighted by atomic mass is 28.4. The Balaban J connectivity index is 1.61. The lowest BCUT2D eigenvalue weighted by molar-refractivity contribution is -0.138. The van der Waals surface area contributed by atoms with Crippen molar-refractivity contribution in [3.05, 3.63) is 41.5 Å². The summed E-state index contributed by atoms with van der Waals surface area (Å²) in [6.45, 7) is 7.78. The second-order valence-corrected chi connectivity index (χ2v) is 15.0. The molecule has 0 spiro atoms. The van der Waals surface area contributed by atoms with Crippen LogP contribution in [0.2, 0.25) is 18.1 Å². The van der Waals surface area contributed by atoms with Gasteiger partial charge in [-0.25, -0.2) is 4.90 Å². The Morgan fingerprint density at radius 3 is 2.50 bits per heavy atom. The number of nitriles is 1. The number of rotatable bonds is 6. The van der Waals surface area contributed by atoms with E-state index in [1.807, 2.05) is 33.0 Å². The van der Waals surface area contributed by atoms with Gasteiger partial charge in [0.1, 0.15) is 0 Å². The highest BCUT2D eigenvalue weighted by Gasteiger charge is 2.67. The lowest BCUT2D eigenvalue weighted by atomic mass is 9.74. The van der Waals surface area contributed by atoms with Crippen LogP contribution >= 0.6 is 0 Å². The topological polar surface area (TPSA) is 90.6 Å². The highest BCUT2D eigenvalue weighted by Crippen LogP contribution is 2.55. The molecule has 3 aliphatic heterocycles. The van der Waals surface area contributed by atoms with Gasteiger partial charge in [0, 0.05) is 0 Å². The van der Waals surface area contributed by atoms with Gasteiger partial charge < -0.3 is 9.53 Å². The first kappa shape index (κ1) is 24.6. The third-order valence-electron chi connectivity index (χ3n) is 7.87. The zero-order valence-corrected chi connectivity index (χ0v) is 20.4. The molecule has 1 N–H and O–H groups in total. The van der Waals surface area contributed by atoms with Crippen LogP contribution in [0, 0.1) is 23.2 Å². The Hall–Kier alpha value is -2.48. The van der Waals surface area contributed by atoms with E-state index < -0.39 is 61.0 Å². The molecule has 182 valence electrons. The van der Waals surface area contributed by atoms with E-state index in [1.54, 1.807) is 6.08 Å². The molecule has 1 aromatic rings. The van der Waals surface area contributed by atoms with E-state index in [2.05, 4.69) is 0 Å². The van der Waals surface area contributed by atoms with Crippen molar-refractivity contribution in [3.8, 4) is 6.07 Å². The maximum Gasteiger partial charge on any atom is 0.417 e. The molecular weight excluding hydrogens is 465 g/mol. The number of carbonyl (C=O) groups is 2. The summed E-state index contributed by atoms with van der Waals surface area (Å²) in [5, 5.41) is 8.78. The van der Waals surface area contributed by atoms with Crippen LogP contribution < -0.4 is 4.90 Å².